The number of guanidine groups is 1. The van der Waals surface area contributed by atoms with Crippen LogP contribution >= 0.6 is 0 Å². The second-order valence-electron chi connectivity index (χ2n) is 2.18. The maximum absolute atomic E-state index is 10.3. The van der Waals surface area contributed by atoms with E-state index in [-0.39, 0.29) is 18.8 Å². The quantitative estimate of drug-likeness (QED) is 0.298. The monoisotopic (exact) mass is 176 g/mol. The molecule has 0 aliphatic heterocycles. The first-order valence-electron chi connectivity index (χ1n) is 4.34. The van der Waals surface area contributed by atoms with Crippen LogP contribution < -0.4 is 17.2 Å². The van der Waals surface area contributed by atoms with Gasteiger partial charge in [0.1, 0.15) is 6.04 Å². The molecule has 0 saturated carbocycles. The molecule has 0 saturated heterocycles. The molecule has 0 rings (SSSR count). The minimum absolute atomic E-state index is 0.0287. The van der Waals surface area contributed by atoms with Crippen molar-refractivity contribution < 1.29 is 12.6 Å². The van der Waals surface area contributed by atoms with Crippen molar-refractivity contribution in [1.82, 2.24) is 0 Å². The second kappa shape index (κ2) is 5.36. The van der Waals surface area contributed by atoms with Gasteiger partial charge in [-0.25, -0.2) is 0 Å². The smallest absolute Gasteiger partial charge is 0.320 e. The van der Waals surface area contributed by atoms with E-state index < -0.39 is 18.5 Å². The summed E-state index contributed by atoms with van der Waals surface area (Å²) in [4.78, 5) is 13.6. The first-order valence-corrected chi connectivity index (χ1v) is 3.34. The van der Waals surface area contributed by atoms with Gasteiger partial charge in [0, 0.05) is 6.50 Å². The van der Waals surface area contributed by atoms with Crippen LogP contribution in [-0.2, 0) is 4.79 Å². The van der Waals surface area contributed by atoms with Crippen molar-refractivity contribution in [2.75, 3.05) is 6.50 Å². The summed E-state index contributed by atoms with van der Waals surface area (Å²) in [6.45, 7) is -1.97. The summed E-state index contributed by atoms with van der Waals surface area (Å²) in [7, 11) is 0. The van der Waals surface area contributed by atoms with Crippen molar-refractivity contribution in [2.24, 2.45) is 22.2 Å². The molecular weight excluding hydrogens is 160 g/mol. The van der Waals surface area contributed by atoms with Gasteiger partial charge in [0.15, 0.2) is 5.96 Å². The van der Waals surface area contributed by atoms with E-state index in [2.05, 4.69) is 4.99 Å². The Kier molecular flexibility index (Phi) is 3.29. The van der Waals surface area contributed by atoms with Crippen LogP contribution in [-0.4, -0.2) is 29.6 Å². The number of nitrogens with two attached hydrogens (primary N) is 3. The molecule has 1 atom stereocenters. The lowest BCUT2D eigenvalue weighted by atomic mass is 10.2. The Balaban J connectivity index is 4.12. The molecule has 0 spiro atoms. The van der Waals surface area contributed by atoms with Gasteiger partial charge in [-0.15, -0.1) is 0 Å². The van der Waals surface area contributed by atoms with Gasteiger partial charge in [0.05, 0.1) is 2.74 Å². The molecule has 12 heavy (non-hydrogen) atoms. The SMILES string of the molecule is [2H]C([2H])(CC[C@H](N)C(=O)O)N=C(N)N. The molecule has 0 amide bonds. The van der Waals surface area contributed by atoms with Crippen molar-refractivity contribution in [2.45, 2.75) is 18.9 Å². The number of aliphatic carboxylic acids is 1. The Labute approximate surface area is 73.2 Å². The van der Waals surface area contributed by atoms with Crippen molar-refractivity contribution in [3.63, 3.8) is 0 Å². The molecule has 6 heteroatoms. The van der Waals surface area contributed by atoms with Crippen molar-refractivity contribution >= 4 is 11.9 Å². The fourth-order valence-corrected chi connectivity index (χ4v) is 0.491. The highest BCUT2D eigenvalue weighted by atomic mass is 16.4. The molecule has 0 fully saturated rings. The van der Waals surface area contributed by atoms with Crippen LogP contribution in [0.25, 0.3) is 0 Å². The predicted molar refractivity (Wildman–Crippen MR) is 45.5 cm³/mol. The highest BCUT2D eigenvalue weighted by Gasteiger charge is 2.09. The minimum Gasteiger partial charge on any atom is -0.480 e. The number of rotatable bonds is 5. The van der Waals surface area contributed by atoms with E-state index >= 15 is 0 Å². The van der Waals surface area contributed by atoms with Gasteiger partial charge in [-0.3, -0.25) is 9.79 Å². The van der Waals surface area contributed by atoms with Gasteiger partial charge in [0.25, 0.3) is 0 Å². The van der Waals surface area contributed by atoms with Crippen LogP contribution in [0.15, 0.2) is 4.99 Å². The van der Waals surface area contributed by atoms with E-state index in [1.807, 2.05) is 0 Å². The van der Waals surface area contributed by atoms with E-state index in [0.717, 1.165) is 0 Å². The Morgan fingerprint density at radius 1 is 1.67 bits per heavy atom. The van der Waals surface area contributed by atoms with Gasteiger partial charge in [-0.2, -0.15) is 0 Å². The molecule has 70 valence electrons. The molecule has 6 nitrogen and oxygen atoms in total. The average Bonchev–Trinajstić information content (AvgIpc) is 1.97. The molecule has 0 aliphatic carbocycles. The fourth-order valence-electron chi connectivity index (χ4n) is 0.491. The van der Waals surface area contributed by atoms with Gasteiger partial charge >= 0.3 is 5.97 Å². The van der Waals surface area contributed by atoms with E-state index in [9.17, 15) is 4.79 Å². The van der Waals surface area contributed by atoms with Crippen LogP contribution in [0.3, 0.4) is 0 Å². The molecule has 0 heterocycles. The number of hydrogen-bond acceptors (Lipinski definition) is 3. The Morgan fingerprint density at radius 2 is 2.25 bits per heavy atom. The summed E-state index contributed by atoms with van der Waals surface area (Å²) < 4.78 is 14.5. The number of nitrogens with zero attached hydrogens (tertiary/aromatic N) is 1. The lowest BCUT2D eigenvalue weighted by molar-refractivity contribution is -0.138. The maximum atomic E-state index is 10.3. The zero-order chi connectivity index (χ0) is 11.4. The molecule has 0 aromatic rings. The highest BCUT2D eigenvalue weighted by molar-refractivity contribution is 5.75. The number of hydrogen-bond donors (Lipinski definition) is 4. The summed E-state index contributed by atoms with van der Waals surface area (Å²) in [5.74, 6) is -1.55. The summed E-state index contributed by atoms with van der Waals surface area (Å²) in [5.41, 5.74) is 15.1. The van der Waals surface area contributed by atoms with Crippen molar-refractivity contribution in [3.8, 4) is 0 Å². The molecule has 0 unspecified atom stereocenters. The molecule has 0 bridgehead atoms. The van der Waals surface area contributed by atoms with Gasteiger partial charge < -0.3 is 22.3 Å². The standard InChI is InChI=1S/C6H14N4O2/c7-4(5(11)12)2-1-3-10-6(8)9/h4H,1-3,7H2,(H,11,12)(H4,8,9,10)/t4-/m0/s1/i3D2. The van der Waals surface area contributed by atoms with E-state index in [0.29, 0.717) is 0 Å². The molecule has 0 aromatic heterocycles. The Hall–Kier alpha value is -1.30. The molecular formula is C6H14N4O2. The zero-order valence-electron chi connectivity index (χ0n) is 8.53. The molecule has 0 radical (unpaired) electrons. The van der Waals surface area contributed by atoms with Crippen LogP contribution in [0.5, 0.6) is 0 Å². The summed E-state index contributed by atoms with van der Waals surface area (Å²) >= 11 is 0. The predicted octanol–water partition coefficient (Wildman–Crippen LogP) is -1.55. The summed E-state index contributed by atoms with van der Waals surface area (Å²) in [6, 6.07) is -1.10. The second-order valence-corrected chi connectivity index (χ2v) is 2.18. The first-order chi connectivity index (χ1) is 6.24. The Morgan fingerprint density at radius 3 is 2.67 bits per heavy atom. The lowest BCUT2D eigenvalue weighted by Crippen LogP contribution is -2.30. The van der Waals surface area contributed by atoms with E-state index in [4.69, 9.17) is 25.0 Å². The molecule has 0 aliphatic rings. The summed E-state index contributed by atoms with van der Waals surface area (Å²) in [5, 5.41) is 8.43. The zero-order valence-corrected chi connectivity index (χ0v) is 6.53. The third-order valence-corrected chi connectivity index (χ3v) is 1.09. The van der Waals surface area contributed by atoms with Crippen LogP contribution in [0, 0.1) is 0 Å². The number of carboxylic acid groups (broad SMARTS) is 1. The summed E-state index contributed by atoms with van der Waals surface area (Å²) in [6.07, 6.45) is -0.169. The fraction of sp³-hybridized carbons (Fsp3) is 0.667. The third-order valence-electron chi connectivity index (χ3n) is 1.09. The van der Waals surface area contributed by atoms with Crippen molar-refractivity contribution in [3.05, 3.63) is 0 Å². The minimum atomic E-state index is -1.97. The maximum Gasteiger partial charge on any atom is 0.320 e. The molecule has 7 N–H and O–H groups in total. The van der Waals surface area contributed by atoms with Crippen LogP contribution in [0.1, 0.15) is 15.6 Å². The van der Waals surface area contributed by atoms with Crippen LogP contribution in [0.4, 0.5) is 0 Å². The topological polar surface area (TPSA) is 128 Å². The first kappa shape index (κ1) is 7.35. The van der Waals surface area contributed by atoms with E-state index in [1.54, 1.807) is 0 Å². The molecule has 0 aromatic carbocycles. The largest absolute Gasteiger partial charge is 0.480 e. The number of carbonyl (C=O) groups is 1. The van der Waals surface area contributed by atoms with Crippen molar-refractivity contribution in [1.29, 1.82) is 0 Å². The number of aliphatic imine (C=N–C) groups is 1. The third kappa shape index (κ3) is 5.48. The lowest BCUT2D eigenvalue weighted by Gasteiger charge is -2.03. The number of carboxylic acids is 1. The van der Waals surface area contributed by atoms with Gasteiger partial charge in [-0.05, 0) is 12.8 Å². The average molecular weight is 176 g/mol. The van der Waals surface area contributed by atoms with Gasteiger partial charge in [-0.1, -0.05) is 0 Å². The van der Waals surface area contributed by atoms with E-state index in [1.165, 1.54) is 0 Å². The van der Waals surface area contributed by atoms with Crippen LogP contribution in [0.2, 0.25) is 0 Å². The highest BCUT2D eigenvalue weighted by Crippen LogP contribution is 1.94. The van der Waals surface area contributed by atoms with Gasteiger partial charge in [0.2, 0.25) is 0 Å². The normalized spacial score (nSPS) is 15.8. The Bertz CT molecular complexity index is 240.